The number of rotatable bonds is 2. The second kappa shape index (κ2) is 2.92. The zero-order valence-electron chi connectivity index (χ0n) is 6.72. The number of H-pyrrole nitrogens is 1. The molecule has 0 aliphatic rings. The zero-order valence-corrected chi connectivity index (χ0v) is 6.72. The van der Waals surface area contributed by atoms with Crippen LogP contribution < -0.4 is 5.56 Å². The monoisotopic (exact) mass is 156 g/mol. The van der Waals surface area contributed by atoms with Crippen LogP contribution in [0.25, 0.3) is 0 Å². The minimum atomic E-state index is -0.0200. The summed E-state index contributed by atoms with van der Waals surface area (Å²) < 4.78 is 1.42. The van der Waals surface area contributed by atoms with Gasteiger partial charge < -0.3 is 5.11 Å². The molecule has 4 heteroatoms. The van der Waals surface area contributed by atoms with Crippen LogP contribution >= 0.6 is 0 Å². The number of aliphatic hydroxyl groups is 1. The van der Waals surface area contributed by atoms with Crippen molar-refractivity contribution >= 4 is 0 Å². The molecule has 1 heterocycles. The minimum absolute atomic E-state index is 0.0200. The maximum Gasteiger partial charge on any atom is 0.269 e. The summed E-state index contributed by atoms with van der Waals surface area (Å²) in [5.41, 5.74) is 1.50. The number of aromatic nitrogens is 2. The van der Waals surface area contributed by atoms with Gasteiger partial charge in [0.1, 0.15) is 0 Å². The average Bonchev–Trinajstić information content (AvgIpc) is 2.19. The molecule has 2 N–H and O–H groups in total. The Morgan fingerprint density at radius 3 is 2.64 bits per heavy atom. The molecule has 0 aromatic carbocycles. The van der Waals surface area contributed by atoms with Gasteiger partial charge >= 0.3 is 0 Å². The number of aryl methyl sites for hydroxylation is 1. The Balaban J connectivity index is 3.08. The molecule has 0 amide bonds. The summed E-state index contributed by atoms with van der Waals surface area (Å²) in [5, 5.41) is 11.5. The third-order valence-electron chi connectivity index (χ3n) is 1.74. The Bertz CT molecular complexity index is 298. The molecule has 0 saturated carbocycles. The molecule has 0 saturated heterocycles. The summed E-state index contributed by atoms with van der Waals surface area (Å²) in [7, 11) is 1.66. The number of nitrogens with zero attached hydrogens (tertiary/aromatic N) is 1. The number of nitrogens with one attached hydrogen (secondary N) is 1. The molecule has 62 valence electrons. The molecule has 0 fully saturated rings. The molecule has 1 aromatic rings. The van der Waals surface area contributed by atoms with Crippen LogP contribution in [-0.4, -0.2) is 21.5 Å². The van der Waals surface area contributed by atoms with Gasteiger partial charge in [-0.2, -0.15) is 0 Å². The quantitative estimate of drug-likeness (QED) is 0.609. The summed E-state index contributed by atoms with van der Waals surface area (Å²) in [5.74, 6) is 0. The van der Waals surface area contributed by atoms with Crippen LogP contribution in [0.4, 0.5) is 0 Å². The maximum absolute atomic E-state index is 11.1. The van der Waals surface area contributed by atoms with Crippen molar-refractivity contribution < 1.29 is 5.11 Å². The fourth-order valence-electron chi connectivity index (χ4n) is 1.07. The van der Waals surface area contributed by atoms with Gasteiger partial charge in [0.05, 0.1) is 0 Å². The van der Waals surface area contributed by atoms with Crippen LogP contribution in [0.1, 0.15) is 11.3 Å². The second-order valence-corrected chi connectivity index (χ2v) is 2.55. The predicted octanol–water partition coefficient (Wildman–Crippen LogP) is -0.443. The van der Waals surface area contributed by atoms with E-state index in [1.807, 2.05) is 0 Å². The lowest BCUT2D eigenvalue weighted by Gasteiger charge is -1.92. The van der Waals surface area contributed by atoms with E-state index in [1.165, 1.54) is 4.68 Å². The first kappa shape index (κ1) is 8.07. The fraction of sp³-hybridized carbons (Fsp3) is 0.571. The summed E-state index contributed by atoms with van der Waals surface area (Å²) in [6.45, 7) is 1.82. The van der Waals surface area contributed by atoms with Gasteiger partial charge in [-0.15, -0.1) is 0 Å². The van der Waals surface area contributed by atoms with Crippen molar-refractivity contribution in [3.8, 4) is 0 Å². The van der Waals surface area contributed by atoms with Gasteiger partial charge in [-0.1, -0.05) is 0 Å². The molecule has 0 aliphatic heterocycles. The summed E-state index contributed by atoms with van der Waals surface area (Å²) in [6, 6.07) is 0. The van der Waals surface area contributed by atoms with Crippen molar-refractivity contribution in [1.29, 1.82) is 0 Å². The van der Waals surface area contributed by atoms with Crippen molar-refractivity contribution in [2.24, 2.45) is 7.05 Å². The molecule has 0 bridgehead atoms. The van der Waals surface area contributed by atoms with Crippen molar-refractivity contribution in [3.05, 3.63) is 21.6 Å². The zero-order chi connectivity index (χ0) is 8.43. The van der Waals surface area contributed by atoms with Gasteiger partial charge in [0.2, 0.25) is 0 Å². The lowest BCUT2D eigenvalue weighted by molar-refractivity contribution is 0.297. The van der Waals surface area contributed by atoms with E-state index in [1.54, 1.807) is 14.0 Å². The minimum Gasteiger partial charge on any atom is -0.396 e. The lowest BCUT2D eigenvalue weighted by atomic mass is 10.2. The molecule has 0 radical (unpaired) electrons. The van der Waals surface area contributed by atoms with Gasteiger partial charge in [-0.3, -0.25) is 14.6 Å². The Morgan fingerprint density at radius 1 is 1.64 bits per heavy atom. The Labute approximate surface area is 64.5 Å². The third-order valence-corrected chi connectivity index (χ3v) is 1.74. The van der Waals surface area contributed by atoms with Crippen LogP contribution in [0.5, 0.6) is 0 Å². The molecule has 0 unspecified atom stereocenters. The normalized spacial score (nSPS) is 10.5. The topological polar surface area (TPSA) is 58.0 Å². The van der Waals surface area contributed by atoms with E-state index in [4.69, 9.17) is 5.11 Å². The second-order valence-electron chi connectivity index (χ2n) is 2.55. The Kier molecular flexibility index (Phi) is 2.14. The Hall–Kier alpha value is -1.03. The SMILES string of the molecule is Cc1c(CCO)[nH]n(C)c1=O. The van der Waals surface area contributed by atoms with Crippen molar-refractivity contribution in [1.82, 2.24) is 9.78 Å². The molecule has 0 aliphatic carbocycles. The van der Waals surface area contributed by atoms with E-state index in [2.05, 4.69) is 5.10 Å². The first-order chi connectivity index (χ1) is 5.16. The smallest absolute Gasteiger partial charge is 0.269 e. The molecule has 0 spiro atoms. The van der Waals surface area contributed by atoms with Crippen LogP contribution in [0, 0.1) is 6.92 Å². The molecule has 11 heavy (non-hydrogen) atoms. The van der Waals surface area contributed by atoms with Crippen molar-refractivity contribution in [2.45, 2.75) is 13.3 Å². The highest BCUT2D eigenvalue weighted by atomic mass is 16.3. The first-order valence-electron chi connectivity index (χ1n) is 3.52. The highest BCUT2D eigenvalue weighted by Crippen LogP contribution is 1.98. The molecule has 1 rings (SSSR count). The highest BCUT2D eigenvalue weighted by Gasteiger charge is 2.05. The number of hydrogen-bond donors (Lipinski definition) is 2. The average molecular weight is 156 g/mol. The van der Waals surface area contributed by atoms with Crippen LogP contribution in [-0.2, 0) is 13.5 Å². The largest absolute Gasteiger partial charge is 0.396 e. The van der Waals surface area contributed by atoms with Crippen LogP contribution in [0.2, 0.25) is 0 Å². The van der Waals surface area contributed by atoms with E-state index in [-0.39, 0.29) is 12.2 Å². The van der Waals surface area contributed by atoms with Crippen molar-refractivity contribution in [2.75, 3.05) is 6.61 Å². The van der Waals surface area contributed by atoms with Gasteiger partial charge in [-0.25, -0.2) is 0 Å². The Morgan fingerprint density at radius 2 is 2.27 bits per heavy atom. The van der Waals surface area contributed by atoms with Gasteiger partial charge in [0.25, 0.3) is 5.56 Å². The number of aliphatic hydroxyl groups excluding tert-OH is 1. The molecular formula is C7H12N2O2. The van der Waals surface area contributed by atoms with Crippen LogP contribution in [0.3, 0.4) is 0 Å². The summed E-state index contributed by atoms with van der Waals surface area (Å²) >= 11 is 0. The van der Waals surface area contributed by atoms with E-state index < -0.39 is 0 Å². The molecular weight excluding hydrogens is 144 g/mol. The van der Waals surface area contributed by atoms with E-state index in [9.17, 15) is 4.79 Å². The summed E-state index contributed by atoms with van der Waals surface area (Å²) in [6.07, 6.45) is 0.516. The van der Waals surface area contributed by atoms with Crippen molar-refractivity contribution in [3.63, 3.8) is 0 Å². The third kappa shape index (κ3) is 1.35. The number of hydrogen-bond acceptors (Lipinski definition) is 2. The molecule has 1 aromatic heterocycles. The predicted molar refractivity (Wildman–Crippen MR) is 41.6 cm³/mol. The number of aromatic amines is 1. The van der Waals surface area contributed by atoms with E-state index in [0.717, 1.165) is 5.69 Å². The van der Waals surface area contributed by atoms with Gasteiger partial charge in [-0.05, 0) is 6.92 Å². The lowest BCUT2D eigenvalue weighted by Crippen LogP contribution is -2.12. The van der Waals surface area contributed by atoms with E-state index >= 15 is 0 Å². The van der Waals surface area contributed by atoms with Crippen LogP contribution in [0.15, 0.2) is 4.79 Å². The fourth-order valence-corrected chi connectivity index (χ4v) is 1.07. The van der Waals surface area contributed by atoms with Gasteiger partial charge in [0, 0.05) is 31.3 Å². The standard InChI is InChI=1S/C7H12N2O2/c1-5-6(3-4-10)8-9(2)7(5)11/h8,10H,3-4H2,1-2H3. The molecule has 4 nitrogen and oxygen atoms in total. The first-order valence-corrected chi connectivity index (χ1v) is 3.52. The maximum atomic E-state index is 11.1. The molecule has 0 atom stereocenters. The highest BCUT2D eigenvalue weighted by molar-refractivity contribution is 5.14. The summed E-state index contributed by atoms with van der Waals surface area (Å²) in [4.78, 5) is 11.1. The van der Waals surface area contributed by atoms with Gasteiger partial charge in [0.15, 0.2) is 0 Å². The van der Waals surface area contributed by atoms with E-state index in [0.29, 0.717) is 12.0 Å².